The fourth-order valence-electron chi connectivity index (χ4n) is 12.4. The van der Waals surface area contributed by atoms with Gasteiger partial charge in [-0.2, -0.15) is 0 Å². The van der Waals surface area contributed by atoms with Crippen LogP contribution in [0, 0.1) is 35.5 Å². The molecule has 0 spiro atoms. The molecule has 4 bridgehead atoms. The Kier molecular flexibility index (Phi) is 13.3. The summed E-state index contributed by atoms with van der Waals surface area (Å²) < 4.78 is 0. The summed E-state index contributed by atoms with van der Waals surface area (Å²) in [6.45, 7) is -0.538. The summed E-state index contributed by atoms with van der Waals surface area (Å²) in [4.78, 5) is 44.5. The molecule has 1 aromatic heterocycles. The molecule has 0 saturated heterocycles. The Morgan fingerprint density at radius 2 is 1.82 bits per heavy atom. The van der Waals surface area contributed by atoms with Crippen molar-refractivity contribution in [2.24, 2.45) is 46.2 Å². The van der Waals surface area contributed by atoms with Crippen LogP contribution in [0.2, 0.25) is 0 Å². The molecule has 4 aliphatic carbocycles. The van der Waals surface area contributed by atoms with Gasteiger partial charge in [0.15, 0.2) is 5.96 Å². The second-order valence-electron chi connectivity index (χ2n) is 18.7. The predicted molar refractivity (Wildman–Crippen MR) is 238 cm³/mol. The highest BCUT2D eigenvalue weighted by Gasteiger charge is 2.56. The van der Waals surface area contributed by atoms with Crippen molar-refractivity contribution in [3.63, 3.8) is 0 Å². The lowest BCUT2D eigenvalue weighted by atomic mass is 9.48. The van der Waals surface area contributed by atoms with Gasteiger partial charge in [-0.25, -0.2) is 9.79 Å². The van der Waals surface area contributed by atoms with Gasteiger partial charge < -0.3 is 56.5 Å². The van der Waals surface area contributed by atoms with Crippen molar-refractivity contribution < 1.29 is 39.9 Å². The quantitative estimate of drug-likeness (QED) is 0.0334. The predicted octanol–water partition coefficient (Wildman–Crippen LogP) is 5.10. The van der Waals surface area contributed by atoms with Gasteiger partial charge in [-0.15, -0.1) is 0 Å². The molecule has 332 valence electrons. The highest BCUT2D eigenvalue weighted by molar-refractivity contribution is 5.86. The molecule has 2 heterocycles. The lowest BCUT2D eigenvalue weighted by Gasteiger charge is -2.57. The number of fused-ring (bicyclic) bond motifs is 5. The van der Waals surface area contributed by atoms with Crippen molar-refractivity contribution >= 4 is 41.1 Å². The van der Waals surface area contributed by atoms with Gasteiger partial charge in [0.1, 0.15) is 30.1 Å². The first-order valence-corrected chi connectivity index (χ1v) is 22.8. The molecule has 3 aromatic rings. The van der Waals surface area contributed by atoms with Crippen molar-refractivity contribution in [3.05, 3.63) is 89.2 Å². The number of anilines is 1. The molecule has 0 amide bonds. The second-order valence-corrected chi connectivity index (χ2v) is 18.7. The molecule has 13 heteroatoms. The maximum Gasteiger partial charge on any atom is 0.328 e. The van der Waals surface area contributed by atoms with Crippen molar-refractivity contribution in [1.82, 2.24) is 10.3 Å². The van der Waals surface area contributed by atoms with E-state index in [1.54, 1.807) is 0 Å². The summed E-state index contributed by atoms with van der Waals surface area (Å²) in [5.41, 5.74) is 8.93. The normalized spacial score (nSPS) is 32.1. The van der Waals surface area contributed by atoms with E-state index in [0.717, 1.165) is 79.7 Å². The summed E-state index contributed by atoms with van der Waals surface area (Å²) in [5, 5.41) is 61.8. The highest BCUT2D eigenvalue weighted by atomic mass is 16.4. The number of hydrogen-bond acceptors (Lipinski definition) is 11. The minimum Gasteiger partial charge on any atom is -0.478 e. The summed E-state index contributed by atoms with van der Waals surface area (Å²) in [7, 11) is 0. The van der Waals surface area contributed by atoms with Crippen molar-refractivity contribution in [2.45, 2.75) is 119 Å². The molecule has 8 rings (SSSR count). The van der Waals surface area contributed by atoms with E-state index in [4.69, 9.17) is 10.7 Å². The van der Waals surface area contributed by atoms with Gasteiger partial charge in [-0.05, 0) is 132 Å². The summed E-state index contributed by atoms with van der Waals surface area (Å²) >= 11 is 0. The van der Waals surface area contributed by atoms with Gasteiger partial charge in [0.05, 0.1) is 24.7 Å². The van der Waals surface area contributed by atoms with E-state index in [2.05, 4.69) is 52.0 Å². The number of nitrogens with one attached hydrogen (secondary N) is 3. The van der Waals surface area contributed by atoms with E-state index in [1.165, 1.54) is 17.2 Å². The minimum absolute atomic E-state index is 0.0372. The maximum atomic E-state index is 13.0. The third kappa shape index (κ3) is 8.61. The van der Waals surface area contributed by atoms with Crippen LogP contribution in [0.1, 0.15) is 99.2 Å². The molecule has 5 aliphatic rings. The van der Waals surface area contributed by atoms with Crippen molar-refractivity contribution in [1.29, 1.82) is 0 Å². The van der Waals surface area contributed by atoms with Crippen molar-refractivity contribution in [3.8, 4) is 0 Å². The number of H-pyrrole nitrogens is 1. The van der Waals surface area contributed by atoms with E-state index >= 15 is 0 Å². The number of aromatic amines is 1. The Balaban J connectivity index is 1.20. The zero-order chi connectivity index (χ0) is 43.5. The average Bonchev–Trinajstić information content (AvgIpc) is 3.79. The first-order chi connectivity index (χ1) is 30.1. The van der Waals surface area contributed by atoms with Crippen LogP contribution in [0.15, 0.2) is 77.5 Å². The number of aliphatic carboxylic acids is 1. The number of hydrogen-bond donors (Lipinski definition) is 9. The van der Waals surface area contributed by atoms with Crippen LogP contribution in [0.3, 0.4) is 0 Å². The molecule has 10 N–H and O–H groups in total. The summed E-state index contributed by atoms with van der Waals surface area (Å²) in [6, 6.07) is 12.8. The molecule has 2 aromatic carbocycles. The van der Waals surface area contributed by atoms with E-state index in [9.17, 15) is 39.9 Å². The first kappa shape index (κ1) is 43.8. The molecule has 13 unspecified atom stereocenters. The fraction of sp³-hybridized carbons (Fsp3) is 0.551. The number of aliphatic hydroxyl groups is 4. The lowest BCUT2D eigenvalue weighted by Crippen LogP contribution is -2.67. The smallest absolute Gasteiger partial charge is 0.328 e. The number of carbonyl (C=O) groups is 3. The number of rotatable bonds is 19. The number of nitrogens with zero attached hydrogens (tertiary/aromatic N) is 1. The number of aliphatic imine (C=N–C) groups is 1. The van der Waals surface area contributed by atoms with Crippen LogP contribution >= 0.6 is 0 Å². The van der Waals surface area contributed by atoms with Crippen LogP contribution in [0.4, 0.5) is 5.82 Å². The summed E-state index contributed by atoms with van der Waals surface area (Å²) in [5.74, 6) is 0.0241. The number of aromatic nitrogens is 1. The first-order valence-electron chi connectivity index (χ1n) is 22.8. The van der Waals surface area contributed by atoms with Crippen molar-refractivity contribution in [2.75, 3.05) is 18.5 Å². The molecule has 1 aliphatic heterocycles. The number of nitrogens with two attached hydrogens (primary N) is 1. The Morgan fingerprint density at radius 1 is 1.00 bits per heavy atom. The van der Waals surface area contributed by atoms with Crippen LogP contribution in [-0.4, -0.2) is 98.1 Å². The van der Waals surface area contributed by atoms with Crippen LogP contribution in [-0.2, 0) is 20.8 Å². The van der Waals surface area contributed by atoms with E-state index < -0.39 is 48.3 Å². The number of aliphatic hydroxyl groups excluding tert-OH is 3. The zero-order valence-electron chi connectivity index (χ0n) is 35.3. The molecule has 13 nitrogen and oxygen atoms in total. The monoisotopic (exact) mass is 849 g/mol. The molecule has 62 heavy (non-hydrogen) atoms. The van der Waals surface area contributed by atoms with E-state index in [1.807, 2.05) is 24.4 Å². The molecule has 2 fully saturated rings. The number of carboxylic acid groups (broad SMARTS) is 1. The summed E-state index contributed by atoms with van der Waals surface area (Å²) in [6.07, 6.45) is 17.1. The average molecular weight is 850 g/mol. The number of allylic oxidation sites excluding steroid dienone is 2. The van der Waals surface area contributed by atoms with Gasteiger partial charge >= 0.3 is 5.97 Å². The zero-order valence-corrected chi connectivity index (χ0v) is 35.3. The molecule has 0 radical (unpaired) electrons. The third-order valence-corrected chi connectivity index (χ3v) is 15.3. The van der Waals surface area contributed by atoms with Gasteiger partial charge in [0.2, 0.25) is 0 Å². The Bertz CT molecular complexity index is 2170. The van der Waals surface area contributed by atoms with Crippen LogP contribution < -0.4 is 16.4 Å². The largest absolute Gasteiger partial charge is 0.478 e. The van der Waals surface area contributed by atoms with Gasteiger partial charge in [0, 0.05) is 37.1 Å². The van der Waals surface area contributed by atoms with E-state index in [0.29, 0.717) is 31.3 Å². The van der Waals surface area contributed by atoms with Gasteiger partial charge in [-0.3, -0.25) is 0 Å². The number of guanidine groups is 1. The molecule has 2 saturated carbocycles. The molecular formula is C49H63N5O8. The molecular weight excluding hydrogens is 787 g/mol. The Labute approximate surface area is 363 Å². The maximum absolute atomic E-state index is 13.0. The fourth-order valence-corrected chi connectivity index (χ4v) is 12.4. The SMILES string of the molecule is NC1=NC(C(=CC(=O)O)C(Nc2ccc[nH]2)C2CCC3c4cc5ccc(CC=O)cc5cc4C4C(CCCCCC(C=O)CCCO)C=CC3C24)C2CCC(O)(CO)C(O)C2N1. The number of benzene rings is 2. The highest BCUT2D eigenvalue weighted by Crippen LogP contribution is 2.63. The van der Waals surface area contributed by atoms with Gasteiger partial charge in [-0.1, -0.05) is 61.7 Å². The molecule has 13 atom stereocenters. The third-order valence-electron chi connectivity index (χ3n) is 15.3. The Morgan fingerprint density at radius 3 is 2.56 bits per heavy atom. The topological polar surface area (TPSA) is 231 Å². The van der Waals surface area contributed by atoms with Crippen LogP contribution in [0.5, 0.6) is 0 Å². The second kappa shape index (κ2) is 18.9. The number of unbranched alkanes of at least 4 members (excludes halogenated alkanes) is 2. The minimum atomic E-state index is -1.74. The van der Waals surface area contributed by atoms with Gasteiger partial charge in [0.25, 0.3) is 0 Å². The number of aldehydes is 2. The lowest BCUT2D eigenvalue weighted by molar-refractivity contribution is -0.149. The van der Waals surface area contributed by atoms with E-state index in [-0.39, 0.29) is 60.4 Å². The number of carbonyl (C=O) groups excluding carboxylic acids is 2. The Hall–Kier alpha value is -4.82. The number of carboxylic acids is 1. The standard InChI is InChI=1S/C49H63N5O8/c50-48-53-45(36-16-18-49(62,27-58)47(61)46(36)54-48)39(25-41(59)60)44(52-40-9-4-19-51-40)35-15-14-33-34-13-12-30(8-3-1-2-6-29(26-57)7-5-20-55)42(43(34)35)38-24-32-22-28(17-21-56)10-11-31(32)23-37(33)38/h4,9-13,19,21-26,29-30,33-36,42-47,51-52,55,58,61-62H,1-3,5-8,14-18,20,27H2,(H,59,60)(H3,50,53,54). The van der Waals surface area contributed by atoms with Crippen LogP contribution in [0.25, 0.3) is 10.8 Å².